The summed E-state index contributed by atoms with van der Waals surface area (Å²) >= 11 is 0. The summed E-state index contributed by atoms with van der Waals surface area (Å²) in [5, 5.41) is 20.2. The molecule has 0 heterocycles. The first-order chi connectivity index (χ1) is 13.5. The number of aliphatic carboxylic acids is 2. The second-order valence-electron chi connectivity index (χ2n) is 7.04. The Balaban J connectivity index is -0.00000364. The van der Waals surface area contributed by atoms with Gasteiger partial charge < -0.3 is 20.3 Å². The van der Waals surface area contributed by atoms with Gasteiger partial charge in [-0.25, -0.2) is 4.79 Å². The average molecular weight is 449 g/mol. The van der Waals surface area contributed by atoms with E-state index in [2.05, 4.69) is 12.2 Å². The molecule has 0 aromatic rings. The molecule has 0 aromatic heterocycles. The predicted octanol–water partition coefficient (Wildman–Crippen LogP) is 1.75. The number of unbranched alkanes of at least 4 members (excludes halogenated alkanes) is 8. The minimum Gasteiger partial charge on any atom is -0.480 e. The van der Waals surface area contributed by atoms with Crippen LogP contribution >= 0.6 is 0 Å². The van der Waals surface area contributed by atoms with Gasteiger partial charge in [-0.2, -0.15) is 0 Å². The van der Waals surface area contributed by atoms with Gasteiger partial charge in [0.2, 0.25) is 5.91 Å². The van der Waals surface area contributed by atoms with Crippen molar-refractivity contribution in [2.24, 2.45) is 0 Å². The molecule has 1 amide bonds. The normalized spacial score (nSPS) is 10.2. The molecule has 0 aliphatic rings. The molecule has 0 aliphatic heterocycles. The molecule has 0 bridgehead atoms. The van der Waals surface area contributed by atoms with Crippen LogP contribution in [0.3, 0.4) is 0 Å². The number of amides is 1. The van der Waals surface area contributed by atoms with Crippen molar-refractivity contribution in [2.45, 2.75) is 71.1 Å². The van der Waals surface area contributed by atoms with Crippen molar-refractivity contribution in [3.05, 3.63) is 0 Å². The van der Waals surface area contributed by atoms with Crippen molar-refractivity contribution >= 4 is 77.0 Å². The molecule has 8 nitrogen and oxygen atoms in total. The Bertz CT molecular complexity index is 442. The Morgan fingerprint density at radius 2 is 1.40 bits per heavy atom. The van der Waals surface area contributed by atoms with Crippen molar-refractivity contribution in [1.29, 1.82) is 0 Å². The van der Waals surface area contributed by atoms with Gasteiger partial charge in [-0.15, -0.1) is 0 Å². The SMILES string of the molecule is CCCCCCCCCCCC(=O)NCCN(CCOCC(=O)O)CC(=O)O.[Na].[Na]. The van der Waals surface area contributed by atoms with Gasteiger partial charge in [0.05, 0.1) is 13.2 Å². The number of carboxylic acid groups (broad SMARTS) is 2. The predicted molar refractivity (Wildman–Crippen MR) is 119 cm³/mol. The number of rotatable bonds is 20. The zero-order valence-electron chi connectivity index (χ0n) is 19.3. The van der Waals surface area contributed by atoms with Gasteiger partial charge in [-0.05, 0) is 6.42 Å². The molecule has 0 unspecified atom stereocenters. The Kier molecular flexibility index (Phi) is 29.8. The number of carbonyl (C=O) groups excluding carboxylic acids is 1. The second kappa shape index (κ2) is 25.6. The largest absolute Gasteiger partial charge is 0.480 e. The molecule has 0 saturated heterocycles. The first-order valence-electron chi connectivity index (χ1n) is 10.5. The summed E-state index contributed by atoms with van der Waals surface area (Å²) in [6.45, 7) is 2.81. The van der Waals surface area contributed by atoms with Crippen molar-refractivity contribution in [1.82, 2.24) is 10.2 Å². The van der Waals surface area contributed by atoms with Gasteiger partial charge in [-0.1, -0.05) is 58.3 Å². The van der Waals surface area contributed by atoms with E-state index in [-0.39, 0.29) is 78.2 Å². The first kappa shape index (κ1) is 34.9. The Hall–Kier alpha value is 0.330. The van der Waals surface area contributed by atoms with Gasteiger partial charge in [0.1, 0.15) is 6.61 Å². The Morgan fingerprint density at radius 1 is 0.833 bits per heavy atom. The van der Waals surface area contributed by atoms with Crippen LogP contribution in [0.2, 0.25) is 0 Å². The topological polar surface area (TPSA) is 116 Å². The minimum absolute atomic E-state index is 0. The maximum Gasteiger partial charge on any atom is 0.329 e. The Morgan fingerprint density at radius 3 is 1.93 bits per heavy atom. The number of hydrogen-bond donors (Lipinski definition) is 3. The average Bonchev–Trinajstić information content (AvgIpc) is 2.63. The summed E-state index contributed by atoms with van der Waals surface area (Å²) in [7, 11) is 0. The van der Waals surface area contributed by atoms with Crippen molar-refractivity contribution in [2.75, 3.05) is 39.4 Å². The third-order valence-electron chi connectivity index (χ3n) is 4.39. The number of nitrogens with zero attached hydrogens (tertiary/aromatic N) is 1. The molecule has 3 N–H and O–H groups in total. The second-order valence-corrected chi connectivity index (χ2v) is 7.04. The van der Waals surface area contributed by atoms with E-state index in [0.717, 1.165) is 12.8 Å². The van der Waals surface area contributed by atoms with Crippen LogP contribution in [0.15, 0.2) is 0 Å². The van der Waals surface area contributed by atoms with Crippen molar-refractivity contribution in [3.8, 4) is 0 Å². The van der Waals surface area contributed by atoms with Crippen LogP contribution in [-0.2, 0) is 19.1 Å². The van der Waals surface area contributed by atoms with E-state index < -0.39 is 18.5 Å². The fourth-order valence-electron chi connectivity index (χ4n) is 2.85. The van der Waals surface area contributed by atoms with E-state index in [1.165, 1.54) is 44.9 Å². The summed E-state index contributed by atoms with van der Waals surface area (Å²) in [6.07, 6.45) is 11.3. The van der Waals surface area contributed by atoms with Gasteiger partial charge >= 0.3 is 11.9 Å². The molecule has 0 aromatic carbocycles. The monoisotopic (exact) mass is 448 g/mol. The zero-order chi connectivity index (χ0) is 21.0. The maximum absolute atomic E-state index is 11.9. The molecule has 10 heteroatoms. The van der Waals surface area contributed by atoms with E-state index in [9.17, 15) is 14.4 Å². The maximum atomic E-state index is 11.9. The number of carboxylic acids is 2. The van der Waals surface area contributed by atoms with E-state index in [1.54, 1.807) is 4.90 Å². The van der Waals surface area contributed by atoms with Crippen LogP contribution in [-0.4, -0.2) is 131 Å². The number of hydrogen-bond acceptors (Lipinski definition) is 5. The van der Waals surface area contributed by atoms with E-state index >= 15 is 0 Å². The smallest absolute Gasteiger partial charge is 0.329 e. The molecular weight excluding hydrogens is 410 g/mol. The van der Waals surface area contributed by atoms with Crippen LogP contribution in [0.25, 0.3) is 0 Å². The van der Waals surface area contributed by atoms with Crippen molar-refractivity contribution < 1.29 is 29.3 Å². The van der Waals surface area contributed by atoms with E-state index in [0.29, 0.717) is 26.1 Å². The van der Waals surface area contributed by atoms with Crippen LogP contribution in [0, 0.1) is 0 Å². The molecule has 0 spiro atoms. The molecule has 0 atom stereocenters. The third kappa shape index (κ3) is 26.4. The standard InChI is InChI=1S/C20H38N2O6.2Na/c1-2-3-4-5-6-7-8-9-10-11-18(23)21-12-13-22(16-19(24)25)14-15-28-17-20(26)27;;/h2-17H2,1H3,(H,21,23)(H,24,25)(H,26,27);;. The third-order valence-corrected chi connectivity index (χ3v) is 4.39. The summed E-state index contributed by atoms with van der Waals surface area (Å²) in [5.74, 6) is -2.05. The molecular formula is C20H38N2Na2O6. The van der Waals surface area contributed by atoms with E-state index in [1.807, 2.05) is 0 Å². The molecule has 2 radical (unpaired) electrons. The summed E-state index contributed by atoms with van der Waals surface area (Å²) in [6, 6.07) is 0. The zero-order valence-corrected chi connectivity index (χ0v) is 23.3. The van der Waals surface area contributed by atoms with Crippen LogP contribution in [0.4, 0.5) is 0 Å². The molecule has 166 valence electrons. The molecule has 0 fully saturated rings. The van der Waals surface area contributed by atoms with Gasteiger partial charge in [-0.3, -0.25) is 14.5 Å². The van der Waals surface area contributed by atoms with Gasteiger partial charge in [0.25, 0.3) is 0 Å². The quantitative estimate of drug-likeness (QED) is 0.192. The first-order valence-corrected chi connectivity index (χ1v) is 10.5. The molecule has 0 rings (SSSR count). The summed E-state index contributed by atoms with van der Waals surface area (Å²) in [5.41, 5.74) is 0. The summed E-state index contributed by atoms with van der Waals surface area (Å²) < 4.78 is 4.93. The molecule has 0 aliphatic carbocycles. The van der Waals surface area contributed by atoms with Gasteiger partial charge in [0.15, 0.2) is 0 Å². The minimum atomic E-state index is -1.06. The molecule has 30 heavy (non-hydrogen) atoms. The van der Waals surface area contributed by atoms with Crippen LogP contribution in [0.5, 0.6) is 0 Å². The number of nitrogens with one attached hydrogen (secondary N) is 1. The van der Waals surface area contributed by atoms with Crippen molar-refractivity contribution in [3.63, 3.8) is 0 Å². The summed E-state index contributed by atoms with van der Waals surface area (Å²) in [4.78, 5) is 34.7. The molecule has 0 saturated carbocycles. The van der Waals surface area contributed by atoms with Crippen LogP contribution in [0.1, 0.15) is 71.1 Å². The number of ether oxygens (including phenoxy) is 1. The Labute approximate surface area is 225 Å². The van der Waals surface area contributed by atoms with Crippen LogP contribution < -0.4 is 5.32 Å². The van der Waals surface area contributed by atoms with E-state index in [4.69, 9.17) is 14.9 Å². The van der Waals surface area contributed by atoms with Gasteiger partial charge in [0, 0.05) is 85.2 Å². The fourth-order valence-corrected chi connectivity index (χ4v) is 2.85. The number of carbonyl (C=O) groups is 3. The fraction of sp³-hybridized carbons (Fsp3) is 0.850.